The molecule has 0 fully saturated rings. The summed E-state index contributed by atoms with van der Waals surface area (Å²) in [6.07, 6.45) is 3.45. The molecular weight excluding hydrogens is 547 g/mol. The van der Waals surface area contributed by atoms with Gasteiger partial charge in [0.05, 0.1) is 24.4 Å². The maximum atomic E-state index is 12.3. The molecule has 2 heterocycles. The van der Waals surface area contributed by atoms with Crippen LogP contribution in [-0.4, -0.2) is 38.3 Å². The Hall–Kier alpha value is -4.46. The van der Waals surface area contributed by atoms with Crippen molar-refractivity contribution in [3.8, 4) is 33.6 Å². The van der Waals surface area contributed by atoms with Crippen LogP contribution in [-0.2, 0) is 11.3 Å². The summed E-state index contributed by atoms with van der Waals surface area (Å²) >= 11 is 12.5. The van der Waals surface area contributed by atoms with Gasteiger partial charge in [-0.25, -0.2) is 0 Å². The molecule has 200 valence electrons. The lowest BCUT2D eigenvalue weighted by Crippen LogP contribution is -2.25. The Morgan fingerprint density at radius 2 is 1.52 bits per heavy atom. The van der Waals surface area contributed by atoms with Crippen LogP contribution >= 0.6 is 23.2 Å². The third kappa shape index (κ3) is 6.57. The average molecular weight is 571 g/mol. The van der Waals surface area contributed by atoms with Crippen molar-refractivity contribution in [3.05, 3.63) is 118 Å². The van der Waals surface area contributed by atoms with Gasteiger partial charge in [0.2, 0.25) is 0 Å². The highest BCUT2D eigenvalue weighted by atomic mass is 35.5. The molecule has 2 N–H and O–H groups in total. The van der Waals surface area contributed by atoms with Crippen molar-refractivity contribution in [2.45, 2.75) is 13.0 Å². The highest BCUT2D eigenvalue weighted by Crippen LogP contribution is 2.31. The smallest absolute Gasteiger partial charge is 0.305 e. The molecule has 40 heavy (non-hydrogen) atoms. The zero-order valence-corrected chi connectivity index (χ0v) is 22.7. The Labute approximate surface area is 241 Å². The van der Waals surface area contributed by atoms with Gasteiger partial charge < -0.3 is 10.4 Å². The minimum Gasteiger partial charge on any atom is -0.481 e. The number of nitrogens with one attached hydrogen (secondary N) is 1. The molecule has 0 aliphatic heterocycles. The molecule has 0 aliphatic rings. The van der Waals surface area contributed by atoms with E-state index >= 15 is 0 Å². The van der Waals surface area contributed by atoms with Crippen molar-refractivity contribution in [1.29, 1.82) is 0 Å². The summed E-state index contributed by atoms with van der Waals surface area (Å²) in [5.41, 5.74) is 6.89. The zero-order valence-electron chi connectivity index (χ0n) is 21.2. The summed E-state index contributed by atoms with van der Waals surface area (Å²) < 4.78 is 1.91. The van der Waals surface area contributed by atoms with E-state index in [0.717, 1.165) is 39.2 Å². The minimum absolute atomic E-state index is 0.0719. The third-order valence-corrected chi connectivity index (χ3v) is 6.72. The predicted molar refractivity (Wildman–Crippen MR) is 156 cm³/mol. The number of carbonyl (C=O) groups is 2. The Morgan fingerprint density at radius 3 is 2.17 bits per heavy atom. The number of pyridine rings is 1. The number of halogens is 2. The van der Waals surface area contributed by atoms with Crippen molar-refractivity contribution in [1.82, 2.24) is 20.1 Å². The standard InChI is InChI=1S/C31H24Cl2N4O3/c32-26-14-25(15-27(33)16-26)28-17-29(22-9-7-21(8-10-22)24-2-1-12-34-18-24)37(36-28)19-20-3-5-23(6-4-20)31(40)35-13-11-30(38)39/h1-10,12,14-18H,11,13,19H2,(H,35,40)(H,38,39). The Kier molecular flexibility index (Phi) is 8.24. The van der Waals surface area contributed by atoms with Gasteiger partial charge in [-0.15, -0.1) is 0 Å². The monoisotopic (exact) mass is 570 g/mol. The number of hydrogen-bond acceptors (Lipinski definition) is 4. The first-order valence-electron chi connectivity index (χ1n) is 12.5. The van der Waals surface area contributed by atoms with E-state index < -0.39 is 5.97 Å². The summed E-state index contributed by atoms with van der Waals surface area (Å²) in [5.74, 6) is -1.28. The van der Waals surface area contributed by atoms with Gasteiger partial charge in [-0.05, 0) is 64.7 Å². The molecule has 0 bridgehead atoms. The second-order valence-electron chi connectivity index (χ2n) is 9.15. The molecule has 0 saturated heterocycles. The summed E-state index contributed by atoms with van der Waals surface area (Å²) in [4.78, 5) is 27.2. The summed E-state index contributed by atoms with van der Waals surface area (Å²) in [7, 11) is 0. The second kappa shape index (κ2) is 12.2. The van der Waals surface area contributed by atoms with Crippen molar-refractivity contribution >= 4 is 35.1 Å². The summed E-state index contributed by atoms with van der Waals surface area (Å²) in [6, 6.07) is 26.6. The van der Waals surface area contributed by atoms with Crippen LogP contribution in [0, 0.1) is 0 Å². The molecule has 5 rings (SSSR count). The van der Waals surface area contributed by atoms with E-state index in [1.807, 2.05) is 53.3 Å². The van der Waals surface area contributed by atoms with Crippen LogP contribution in [0.3, 0.4) is 0 Å². The number of rotatable bonds is 9. The molecule has 0 spiro atoms. The molecule has 0 saturated carbocycles. The largest absolute Gasteiger partial charge is 0.481 e. The number of aromatic nitrogens is 3. The number of hydrogen-bond donors (Lipinski definition) is 2. The fourth-order valence-corrected chi connectivity index (χ4v) is 4.82. The number of carbonyl (C=O) groups excluding carboxylic acids is 1. The van der Waals surface area contributed by atoms with Crippen molar-refractivity contribution in [2.75, 3.05) is 6.54 Å². The van der Waals surface area contributed by atoms with Crippen molar-refractivity contribution in [3.63, 3.8) is 0 Å². The normalized spacial score (nSPS) is 10.8. The van der Waals surface area contributed by atoms with Gasteiger partial charge in [-0.1, -0.05) is 65.7 Å². The van der Waals surface area contributed by atoms with E-state index in [9.17, 15) is 9.59 Å². The summed E-state index contributed by atoms with van der Waals surface area (Å²) in [5, 5.41) is 17.3. The fraction of sp³-hybridized carbons (Fsp3) is 0.0968. The van der Waals surface area contributed by atoms with Crippen LogP contribution in [0.1, 0.15) is 22.3 Å². The number of aliphatic carboxylic acids is 1. The fourth-order valence-electron chi connectivity index (χ4n) is 4.30. The number of carboxylic acid groups (broad SMARTS) is 1. The van der Waals surface area contributed by atoms with Crippen LogP contribution in [0.2, 0.25) is 10.0 Å². The second-order valence-corrected chi connectivity index (χ2v) is 10.0. The van der Waals surface area contributed by atoms with Gasteiger partial charge in [0.15, 0.2) is 0 Å². The molecule has 1 amide bonds. The number of benzene rings is 3. The molecule has 3 aromatic carbocycles. The SMILES string of the molecule is O=C(O)CCNC(=O)c1ccc(Cn2nc(-c3cc(Cl)cc(Cl)c3)cc2-c2ccc(-c3cccnc3)cc2)cc1. The molecule has 0 radical (unpaired) electrons. The molecular formula is C31H24Cl2N4O3. The van der Waals surface area contributed by atoms with Gasteiger partial charge >= 0.3 is 5.97 Å². The molecule has 0 unspecified atom stereocenters. The maximum Gasteiger partial charge on any atom is 0.305 e. The van der Waals surface area contributed by atoms with E-state index in [4.69, 9.17) is 33.4 Å². The lowest BCUT2D eigenvalue weighted by molar-refractivity contribution is -0.136. The lowest BCUT2D eigenvalue weighted by atomic mass is 10.0. The van der Waals surface area contributed by atoms with E-state index in [-0.39, 0.29) is 18.9 Å². The van der Waals surface area contributed by atoms with Crippen LogP contribution in [0.5, 0.6) is 0 Å². The maximum absolute atomic E-state index is 12.3. The quantitative estimate of drug-likeness (QED) is 0.202. The first kappa shape index (κ1) is 27.1. The van der Waals surface area contributed by atoms with Gasteiger partial charge in [0.1, 0.15) is 0 Å². The van der Waals surface area contributed by atoms with Gasteiger partial charge in [-0.2, -0.15) is 5.10 Å². The van der Waals surface area contributed by atoms with Gasteiger partial charge in [0, 0.05) is 40.1 Å². The van der Waals surface area contributed by atoms with Crippen LogP contribution in [0.25, 0.3) is 33.6 Å². The van der Waals surface area contributed by atoms with E-state index in [0.29, 0.717) is 22.2 Å². The van der Waals surface area contributed by atoms with Crippen molar-refractivity contribution in [2.24, 2.45) is 0 Å². The third-order valence-electron chi connectivity index (χ3n) is 6.29. The molecule has 7 nitrogen and oxygen atoms in total. The van der Waals surface area contributed by atoms with Crippen molar-refractivity contribution < 1.29 is 14.7 Å². The van der Waals surface area contributed by atoms with Gasteiger partial charge in [0.25, 0.3) is 5.91 Å². The summed E-state index contributed by atoms with van der Waals surface area (Å²) in [6.45, 7) is 0.525. The van der Waals surface area contributed by atoms with E-state index in [1.54, 1.807) is 24.4 Å². The van der Waals surface area contributed by atoms with Gasteiger partial charge in [-0.3, -0.25) is 19.3 Å². The number of nitrogens with zero attached hydrogens (tertiary/aromatic N) is 3. The molecule has 5 aromatic rings. The Balaban J connectivity index is 1.44. The first-order valence-corrected chi connectivity index (χ1v) is 13.3. The first-order chi connectivity index (χ1) is 19.4. The van der Waals surface area contributed by atoms with Crippen LogP contribution < -0.4 is 5.32 Å². The molecule has 0 aliphatic carbocycles. The molecule has 2 aromatic heterocycles. The Morgan fingerprint density at radius 1 is 0.825 bits per heavy atom. The lowest BCUT2D eigenvalue weighted by Gasteiger charge is -2.10. The number of carboxylic acids is 1. The molecule has 9 heteroatoms. The zero-order chi connectivity index (χ0) is 28.1. The van der Waals surface area contributed by atoms with Crippen LogP contribution in [0.15, 0.2) is 97.3 Å². The topological polar surface area (TPSA) is 97.1 Å². The minimum atomic E-state index is -0.961. The Bertz CT molecular complexity index is 1630. The van der Waals surface area contributed by atoms with Crippen LogP contribution in [0.4, 0.5) is 0 Å². The van der Waals surface area contributed by atoms with E-state index in [1.165, 1.54) is 0 Å². The highest BCUT2D eigenvalue weighted by Gasteiger charge is 2.14. The highest BCUT2D eigenvalue weighted by molar-refractivity contribution is 6.35. The number of amides is 1. The average Bonchev–Trinajstić information content (AvgIpc) is 3.37. The molecule has 0 atom stereocenters. The predicted octanol–water partition coefficient (Wildman–Crippen LogP) is 6.84. The van der Waals surface area contributed by atoms with E-state index in [2.05, 4.69) is 34.6 Å².